The van der Waals surface area contributed by atoms with Crippen molar-refractivity contribution in [1.82, 2.24) is 19.4 Å². The summed E-state index contributed by atoms with van der Waals surface area (Å²) in [5.41, 5.74) is 2.37. The van der Waals surface area contributed by atoms with E-state index in [1.807, 2.05) is 37.6 Å². The Hall–Kier alpha value is -1.70. The fourth-order valence-electron chi connectivity index (χ4n) is 3.44. The van der Waals surface area contributed by atoms with Gasteiger partial charge < -0.3 is 0 Å². The average Bonchev–Trinajstić information content (AvgIpc) is 3.07. The molecule has 130 valence electrons. The maximum absolute atomic E-state index is 11.7. The summed E-state index contributed by atoms with van der Waals surface area (Å²) in [4.78, 5) is 2.35. The third kappa shape index (κ3) is 4.43. The van der Waals surface area contributed by atoms with E-state index in [4.69, 9.17) is 0 Å². The molecule has 2 heterocycles. The molecular formula is C17H24N4O2S. The largest absolute Gasteiger partial charge is 0.294 e. The van der Waals surface area contributed by atoms with Crippen LogP contribution in [0.1, 0.15) is 17.5 Å². The summed E-state index contributed by atoms with van der Waals surface area (Å²) < 4.78 is 28.0. The minimum atomic E-state index is -3.22. The first kappa shape index (κ1) is 17.1. The van der Waals surface area contributed by atoms with Crippen LogP contribution in [0.2, 0.25) is 0 Å². The fraction of sp³-hybridized carbons (Fsp3) is 0.471. The molecule has 0 bridgehead atoms. The van der Waals surface area contributed by atoms with E-state index in [-0.39, 0.29) is 12.1 Å². The second-order valence-electron chi connectivity index (χ2n) is 6.53. The Balaban J connectivity index is 1.78. The molecule has 6 nitrogen and oxygen atoms in total. The highest BCUT2D eigenvalue weighted by Gasteiger charge is 2.35. The summed E-state index contributed by atoms with van der Waals surface area (Å²) in [7, 11) is -1.31. The molecule has 2 aromatic rings. The van der Waals surface area contributed by atoms with E-state index in [0.29, 0.717) is 0 Å². The molecule has 24 heavy (non-hydrogen) atoms. The Kier molecular flexibility index (Phi) is 5.03. The van der Waals surface area contributed by atoms with E-state index in [1.165, 1.54) is 11.8 Å². The highest BCUT2D eigenvalue weighted by molar-refractivity contribution is 7.88. The van der Waals surface area contributed by atoms with Gasteiger partial charge >= 0.3 is 0 Å². The summed E-state index contributed by atoms with van der Waals surface area (Å²) in [5, 5.41) is 4.22. The highest BCUT2D eigenvalue weighted by atomic mass is 32.2. The van der Waals surface area contributed by atoms with Crippen molar-refractivity contribution in [3.63, 3.8) is 0 Å². The molecular weight excluding hydrogens is 324 g/mol. The number of likely N-dealkylation sites (tertiary alicyclic amines) is 1. The van der Waals surface area contributed by atoms with Gasteiger partial charge in [-0.05, 0) is 18.4 Å². The van der Waals surface area contributed by atoms with Crippen molar-refractivity contribution in [3.8, 4) is 0 Å². The van der Waals surface area contributed by atoms with Crippen LogP contribution in [0.15, 0.2) is 42.7 Å². The van der Waals surface area contributed by atoms with Crippen molar-refractivity contribution in [1.29, 1.82) is 0 Å². The summed E-state index contributed by atoms with van der Waals surface area (Å²) in [6.07, 6.45) is 6.77. The number of rotatable bonds is 6. The lowest BCUT2D eigenvalue weighted by atomic mass is 10.0. The molecule has 1 saturated heterocycles. The normalized spacial score (nSPS) is 22.1. The molecule has 1 aliphatic rings. The van der Waals surface area contributed by atoms with Gasteiger partial charge in [-0.3, -0.25) is 9.58 Å². The van der Waals surface area contributed by atoms with Crippen LogP contribution in [0.3, 0.4) is 0 Å². The molecule has 0 aliphatic carbocycles. The number of sulfonamides is 1. The van der Waals surface area contributed by atoms with Gasteiger partial charge in [0.2, 0.25) is 10.0 Å². The van der Waals surface area contributed by atoms with E-state index < -0.39 is 10.0 Å². The standard InChI is InChI=1S/C17H24N4O2S/c1-20-12-15(11-18-20)13-21-9-8-16(19-24(2,22)23)17(21)10-14-6-4-3-5-7-14/h3-7,11-12,16-17,19H,8-10,13H2,1-2H3/t16-,17+/m1/s1. The van der Waals surface area contributed by atoms with Gasteiger partial charge in [-0.1, -0.05) is 30.3 Å². The lowest BCUT2D eigenvalue weighted by Gasteiger charge is -2.28. The zero-order valence-electron chi connectivity index (χ0n) is 14.1. The molecule has 1 N–H and O–H groups in total. The van der Waals surface area contributed by atoms with Crippen LogP contribution in [0.4, 0.5) is 0 Å². The number of benzene rings is 1. The Morgan fingerprint density at radius 3 is 2.62 bits per heavy atom. The third-order valence-corrected chi connectivity index (χ3v) is 5.19. The molecule has 3 rings (SSSR count). The van der Waals surface area contributed by atoms with Crippen molar-refractivity contribution in [2.45, 2.75) is 31.5 Å². The number of aromatic nitrogens is 2. The van der Waals surface area contributed by atoms with Crippen molar-refractivity contribution in [2.24, 2.45) is 7.05 Å². The molecule has 1 aliphatic heterocycles. The molecule has 7 heteroatoms. The van der Waals surface area contributed by atoms with Gasteiger partial charge in [-0.15, -0.1) is 0 Å². The minimum Gasteiger partial charge on any atom is -0.294 e. The van der Waals surface area contributed by atoms with Crippen LogP contribution in [-0.2, 0) is 30.0 Å². The van der Waals surface area contributed by atoms with Crippen LogP contribution < -0.4 is 4.72 Å². The zero-order valence-corrected chi connectivity index (χ0v) is 14.9. The lowest BCUT2D eigenvalue weighted by Crippen LogP contribution is -2.45. The third-order valence-electron chi connectivity index (χ3n) is 4.46. The predicted octanol–water partition coefficient (Wildman–Crippen LogP) is 1.15. The van der Waals surface area contributed by atoms with Crippen LogP contribution in [-0.4, -0.2) is 48.0 Å². The number of hydrogen-bond donors (Lipinski definition) is 1. The average molecular weight is 348 g/mol. The van der Waals surface area contributed by atoms with E-state index in [1.54, 1.807) is 4.68 Å². The van der Waals surface area contributed by atoms with E-state index >= 15 is 0 Å². The maximum Gasteiger partial charge on any atom is 0.209 e. The second-order valence-corrected chi connectivity index (χ2v) is 8.32. The molecule has 0 unspecified atom stereocenters. The van der Waals surface area contributed by atoms with Gasteiger partial charge in [0, 0.05) is 44.0 Å². The zero-order chi connectivity index (χ0) is 17.2. The summed E-state index contributed by atoms with van der Waals surface area (Å²) in [6, 6.07) is 10.3. The number of aryl methyl sites for hydroxylation is 1. The van der Waals surface area contributed by atoms with Crippen molar-refractivity contribution in [3.05, 3.63) is 53.9 Å². The maximum atomic E-state index is 11.7. The SMILES string of the molecule is Cn1cc(CN2CC[C@@H](NS(C)(=O)=O)[C@@H]2Cc2ccccc2)cn1. The van der Waals surface area contributed by atoms with Crippen molar-refractivity contribution >= 4 is 10.0 Å². The summed E-state index contributed by atoms with van der Waals surface area (Å²) >= 11 is 0. The monoisotopic (exact) mass is 348 g/mol. The van der Waals surface area contributed by atoms with Crippen LogP contribution in [0.5, 0.6) is 0 Å². The second kappa shape index (κ2) is 7.04. The highest BCUT2D eigenvalue weighted by Crippen LogP contribution is 2.24. The van der Waals surface area contributed by atoms with E-state index in [2.05, 4.69) is 26.9 Å². The number of hydrogen-bond acceptors (Lipinski definition) is 4. The lowest BCUT2D eigenvalue weighted by molar-refractivity contribution is 0.231. The fourth-order valence-corrected chi connectivity index (χ4v) is 4.27. The van der Waals surface area contributed by atoms with Crippen LogP contribution >= 0.6 is 0 Å². The molecule has 2 atom stereocenters. The first-order chi connectivity index (χ1) is 11.4. The summed E-state index contributed by atoms with van der Waals surface area (Å²) in [6.45, 7) is 1.66. The number of nitrogens with one attached hydrogen (secondary N) is 1. The Morgan fingerprint density at radius 2 is 2.00 bits per heavy atom. The Bertz CT molecular complexity index is 773. The van der Waals surface area contributed by atoms with Gasteiger partial charge in [-0.25, -0.2) is 13.1 Å². The minimum absolute atomic E-state index is 0.0584. The molecule has 1 fully saturated rings. The van der Waals surface area contributed by atoms with Crippen molar-refractivity contribution < 1.29 is 8.42 Å². The molecule has 0 saturated carbocycles. The van der Waals surface area contributed by atoms with Gasteiger partial charge in [0.1, 0.15) is 0 Å². The van der Waals surface area contributed by atoms with Gasteiger partial charge in [0.25, 0.3) is 0 Å². The molecule has 0 radical (unpaired) electrons. The first-order valence-corrected chi connectivity index (χ1v) is 10.0. The first-order valence-electron chi connectivity index (χ1n) is 8.13. The quantitative estimate of drug-likeness (QED) is 0.851. The van der Waals surface area contributed by atoms with Crippen molar-refractivity contribution in [2.75, 3.05) is 12.8 Å². The topological polar surface area (TPSA) is 67.2 Å². The van der Waals surface area contributed by atoms with Crippen LogP contribution in [0.25, 0.3) is 0 Å². The van der Waals surface area contributed by atoms with Gasteiger partial charge in [0.15, 0.2) is 0 Å². The molecule has 0 spiro atoms. The van der Waals surface area contributed by atoms with E-state index in [0.717, 1.165) is 31.5 Å². The molecule has 1 aromatic carbocycles. The van der Waals surface area contributed by atoms with Crippen LogP contribution in [0, 0.1) is 0 Å². The summed E-state index contributed by atoms with van der Waals surface area (Å²) in [5.74, 6) is 0. The number of nitrogens with zero attached hydrogens (tertiary/aromatic N) is 3. The van der Waals surface area contributed by atoms with E-state index in [9.17, 15) is 8.42 Å². The molecule has 0 amide bonds. The smallest absolute Gasteiger partial charge is 0.209 e. The predicted molar refractivity (Wildman–Crippen MR) is 93.9 cm³/mol. The Labute approximate surface area is 143 Å². The molecule has 1 aromatic heterocycles. The Morgan fingerprint density at radius 1 is 1.25 bits per heavy atom. The van der Waals surface area contributed by atoms with Gasteiger partial charge in [-0.2, -0.15) is 5.10 Å². The van der Waals surface area contributed by atoms with Gasteiger partial charge in [0.05, 0.1) is 12.5 Å².